The summed E-state index contributed by atoms with van der Waals surface area (Å²) in [5, 5.41) is 0. The molecule has 0 unspecified atom stereocenters. The van der Waals surface area contributed by atoms with Crippen LogP contribution in [0.25, 0.3) is 0 Å². The molecule has 0 heterocycles. The summed E-state index contributed by atoms with van der Waals surface area (Å²) in [4.78, 5) is 2.60. The molecule has 0 saturated carbocycles. The van der Waals surface area contributed by atoms with Crippen LogP contribution < -0.4 is 4.90 Å². The minimum atomic E-state index is -3.13. The van der Waals surface area contributed by atoms with E-state index in [2.05, 4.69) is 18.7 Å². The van der Waals surface area contributed by atoms with E-state index in [1.54, 1.807) is 12.1 Å². The van der Waals surface area contributed by atoms with Gasteiger partial charge >= 0.3 is 0 Å². The van der Waals surface area contributed by atoms with Gasteiger partial charge in [-0.25, -0.2) is 8.42 Å². The number of halogens is 1. The van der Waals surface area contributed by atoms with Crippen LogP contribution in [0.3, 0.4) is 0 Å². The smallest absolute Gasteiger partial charge is 0.175 e. The number of nitrogens with zero attached hydrogens (tertiary/aromatic N) is 1. The van der Waals surface area contributed by atoms with Crippen molar-refractivity contribution in [1.29, 1.82) is 0 Å². The number of hydrogen-bond donors (Lipinski definition) is 0. The van der Waals surface area contributed by atoms with Crippen LogP contribution in [-0.4, -0.2) is 33.1 Å². The van der Waals surface area contributed by atoms with Crippen LogP contribution >= 0.6 is 11.6 Å². The minimum Gasteiger partial charge on any atom is -0.367 e. The second kappa shape index (κ2) is 7.15. The summed E-state index contributed by atoms with van der Waals surface area (Å²) in [6, 6.07) is 7.48. The third kappa shape index (κ3) is 4.39. The first-order valence-electron chi connectivity index (χ1n) is 6.56. The third-order valence-corrected chi connectivity index (χ3v) is 4.60. The van der Waals surface area contributed by atoms with Crippen molar-refractivity contribution in [2.45, 2.75) is 37.6 Å². The molecule has 0 saturated heterocycles. The molecule has 5 heteroatoms. The molecule has 108 valence electrons. The predicted octanol–water partition coefficient (Wildman–Crippen LogP) is 3.32. The molecule has 1 rings (SSSR count). The Hall–Kier alpha value is -0.740. The predicted molar refractivity (Wildman–Crippen MR) is 82.0 cm³/mol. The van der Waals surface area contributed by atoms with E-state index in [1.807, 2.05) is 12.1 Å². The Morgan fingerprint density at radius 1 is 1.16 bits per heavy atom. The first kappa shape index (κ1) is 16.3. The summed E-state index contributed by atoms with van der Waals surface area (Å²) in [6.07, 6.45) is 3.31. The summed E-state index contributed by atoms with van der Waals surface area (Å²) in [6.45, 7) is 5.08. The summed E-state index contributed by atoms with van der Waals surface area (Å²) in [5.41, 5.74) is 1.03. The van der Waals surface area contributed by atoms with E-state index < -0.39 is 9.84 Å². The molecule has 1 aromatic carbocycles. The van der Waals surface area contributed by atoms with Crippen LogP contribution in [0.1, 0.15) is 26.7 Å². The highest BCUT2D eigenvalue weighted by Gasteiger charge is 2.16. The summed E-state index contributed by atoms with van der Waals surface area (Å²) in [7, 11) is -3.13. The van der Waals surface area contributed by atoms with Crippen molar-refractivity contribution in [3.8, 4) is 0 Å². The van der Waals surface area contributed by atoms with Gasteiger partial charge in [0, 0.05) is 30.4 Å². The number of rotatable bonds is 7. The first-order chi connectivity index (χ1) is 8.93. The van der Waals surface area contributed by atoms with Gasteiger partial charge in [0.25, 0.3) is 0 Å². The molecule has 0 aliphatic carbocycles. The topological polar surface area (TPSA) is 37.4 Å². The van der Waals surface area contributed by atoms with Crippen LogP contribution in [-0.2, 0) is 9.84 Å². The standard InChI is InChI=1S/C14H22ClNO2S/c1-4-12(5-2)16(11-10-15)13-6-8-14(9-7-13)19(3,17)18/h6-9,12H,4-5,10-11H2,1-3H3. The van der Waals surface area contributed by atoms with Gasteiger partial charge in [-0.05, 0) is 37.1 Å². The van der Waals surface area contributed by atoms with Crippen molar-refractivity contribution in [3.63, 3.8) is 0 Å². The summed E-state index contributed by atoms with van der Waals surface area (Å²) >= 11 is 5.87. The Morgan fingerprint density at radius 2 is 1.68 bits per heavy atom. The average Bonchev–Trinajstić information content (AvgIpc) is 2.38. The highest BCUT2D eigenvalue weighted by atomic mass is 35.5. The first-order valence-corrected chi connectivity index (χ1v) is 8.99. The van der Waals surface area contributed by atoms with Gasteiger partial charge in [-0.15, -0.1) is 11.6 Å². The SMILES string of the molecule is CCC(CC)N(CCCl)c1ccc(S(C)(=O)=O)cc1. The molecule has 0 aliphatic heterocycles. The van der Waals surface area contributed by atoms with Crippen molar-refractivity contribution in [2.24, 2.45) is 0 Å². The van der Waals surface area contributed by atoms with E-state index in [0.29, 0.717) is 16.8 Å². The molecule has 19 heavy (non-hydrogen) atoms. The van der Waals surface area contributed by atoms with Gasteiger partial charge in [-0.3, -0.25) is 0 Å². The largest absolute Gasteiger partial charge is 0.367 e. The molecule has 0 aliphatic rings. The fourth-order valence-electron chi connectivity index (χ4n) is 2.23. The van der Waals surface area contributed by atoms with Crippen LogP contribution in [0, 0.1) is 0 Å². The lowest BCUT2D eigenvalue weighted by molar-refractivity contribution is 0.567. The number of sulfone groups is 1. The minimum absolute atomic E-state index is 0.353. The molecule has 0 bridgehead atoms. The molecule has 0 atom stereocenters. The Bertz CT molecular complexity index is 481. The number of alkyl halides is 1. The second-order valence-corrected chi connectivity index (χ2v) is 7.01. The molecule has 0 fully saturated rings. The van der Waals surface area contributed by atoms with E-state index in [-0.39, 0.29) is 0 Å². The lowest BCUT2D eigenvalue weighted by Crippen LogP contribution is -2.36. The van der Waals surface area contributed by atoms with Gasteiger partial charge in [-0.1, -0.05) is 13.8 Å². The van der Waals surface area contributed by atoms with Crippen LogP contribution in [0.15, 0.2) is 29.2 Å². The van der Waals surface area contributed by atoms with E-state index in [1.165, 1.54) is 6.26 Å². The number of benzene rings is 1. The summed E-state index contributed by atoms with van der Waals surface area (Å²) < 4.78 is 22.9. The highest BCUT2D eigenvalue weighted by molar-refractivity contribution is 7.90. The van der Waals surface area contributed by atoms with Crippen LogP contribution in [0.4, 0.5) is 5.69 Å². The summed E-state index contributed by atoms with van der Waals surface area (Å²) in [5.74, 6) is 0.560. The zero-order valence-corrected chi connectivity index (χ0v) is 13.3. The molecule has 0 amide bonds. The van der Waals surface area contributed by atoms with E-state index in [9.17, 15) is 8.42 Å². The highest BCUT2D eigenvalue weighted by Crippen LogP contribution is 2.22. The number of hydrogen-bond acceptors (Lipinski definition) is 3. The molecular formula is C14H22ClNO2S. The van der Waals surface area contributed by atoms with Crippen LogP contribution in [0.5, 0.6) is 0 Å². The molecule has 3 nitrogen and oxygen atoms in total. The van der Waals surface area contributed by atoms with Gasteiger partial charge in [-0.2, -0.15) is 0 Å². The lowest BCUT2D eigenvalue weighted by Gasteiger charge is -2.32. The van der Waals surface area contributed by atoms with Gasteiger partial charge in [0.15, 0.2) is 9.84 Å². The zero-order chi connectivity index (χ0) is 14.5. The van der Waals surface area contributed by atoms with E-state index >= 15 is 0 Å². The lowest BCUT2D eigenvalue weighted by atomic mass is 10.1. The van der Waals surface area contributed by atoms with E-state index in [4.69, 9.17) is 11.6 Å². The van der Waals surface area contributed by atoms with Crippen molar-refractivity contribution in [2.75, 3.05) is 23.6 Å². The Kier molecular flexibility index (Phi) is 6.14. The maximum Gasteiger partial charge on any atom is 0.175 e. The Labute approximate surface area is 121 Å². The van der Waals surface area contributed by atoms with Crippen molar-refractivity contribution in [3.05, 3.63) is 24.3 Å². The second-order valence-electron chi connectivity index (χ2n) is 4.62. The van der Waals surface area contributed by atoms with Crippen molar-refractivity contribution >= 4 is 27.1 Å². The molecule has 0 radical (unpaired) electrons. The monoisotopic (exact) mass is 303 g/mol. The maximum absolute atomic E-state index is 11.5. The Balaban J connectivity index is 3.04. The average molecular weight is 304 g/mol. The maximum atomic E-state index is 11.5. The third-order valence-electron chi connectivity index (χ3n) is 3.31. The fourth-order valence-corrected chi connectivity index (χ4v) is 3.04. The van der Waals surface area contributed by atoms with Gasteiger partial charge < -0.3 is 4.90 Å². The van der Waals surface area contributed by atoms with E-state index in [0.717, 1.165) is 25.1 Å². The van der Waals surface area contributed by atoms with Crippen molar-refractivity contribution < 1.29 is 8.42 Å². The molecule has 1 aromatic rings. The molecular weight excluding hydrogens is 282 g/mol. The molecule has 0 spiro atoms. The zero-order valence-electron chi connectivity index (χ0n) is 11.8. The molecule has 0 N–H and O–H groups in total. The Morgan fingerprint density at radius 3 is 2.05 bits per heavy atom. The van der Waals surface area contributed by atoms with Gasteiger partial charge in [0.1, 0.15) is 0 Å². The normalized spacial score (nSPS) is 11.8. The van der Waals surface area contributed by atoms with Gasteiger partial charge in [0.05, 0.1) is 4.90 Å². The fraction of sp³-hybridized carbons (Fsp3) is 0.571. The quantitative estimate of drug-likeness (QED) is 0.725. The molecule has 0 aromatic heterocycles. The number of anilines is 1. The van der Waals surface area contributed by atoms with Crippen molar-refractivity contribution in [1.82, 2.24) is 0 Å². The van der Waals surface area contributed by atoms with Gasteiger partial charge in [0.2, 0.25) is 0 Å². The van der Waals surface area contributed by atoms with Crippen LogP contribution in [0.2, 0.25) is 0 Å².